The fourth-order valence-corrected chi connectivity index (χ4v) is 1.19. The van der Waals surface area contributed by atoms with E-state index in [2.05, 4.69) is 26.0 Å². The quantitative estimate of drug-likeness (QED) is 0.797. The second-order valence-electron chi connectivity index (χ2n) is 4.02. The first-order valence-corrected chi connectivity index (χ1v) is 5.08. The van der Waals surface area contributed by atoms with Crippen LogP contribution in [0.2, 0.25) is 0 Å². The van der Waals surface area contributed by atoms with Gasteiger partial charge in [-0.3, -0.25) is 0 Å². The normalized spacial score (nSPS) is 12.9. The van der Waals surface area contributed by atoms with Gasteiger partial charge in [0, 0.05) is 6.04 Å². The van der Waals surface area contributed by atoms with Crippen molar-refractivity contribution in [2.45, 2.75) is 32.7 Å². The van der Waals surface area contributed by atoms with Crippen LogP contribution in [0.1, 0.15) is 32.3 Å². The number of hydrogen-bond donors (Lipinski definition) is 1. The minimum absolute atomic E-state index is 0.0812. The van der Waals surface area contributed by atoms with E-state index in [9.17, 15) is 0 Å². The number of nitrogens with two attached hydrogens (primary N) is 1. The van der Waals surface area contributed by atoms with Crippen LogP contribution in [-0.2, 0) is 0 Å². The summed E-state index contributed by atoms with van der Waals surface area (Å²) in [6, 6.07) is 8.26. The van der Waals surface area contributed by atoms with E-state index in [1.54, 1.807) is 0 Å². The molecule has 0 aliphatic heterocycles. The van der Waals surface area contributed by atoms with E-state index < -0.39 is 0 Å². The summed E-state index contributed by atoms with van der Waals surface area (Å²) in [5.41, 5.74) is 6.91. The summed E-state index contributed by atoms with van der Waals surface area (Å²) < 4.78 is 5.53. The van der Waals surface area contributed by atoms with Gasteiger partial charge < -0.3 is 10.5 Å². The van der Waals surface area contributed by atoms with Crippen LogP contribution in [0.15, 0.2) is 24.3 Å². The molecule has 0 bridgehead atoms. The standard InChI is InChI=1S/C12H19NO/c1-9(2)11-5-4-6-12(7-11)14-8-10(3)13/h4-7,9-10H,8,13H2,1-3H3/t10-/m0/s1. The number of ether oxygens (including phenoxy) is 1. The van der Waals surface area contributed by atoms with Crippen molar-refractivity contribution >= 4 is 0 Å². The summed E-state index contributed by atoms with van der Waals surface area (Å²) in [7, 11) is 0. The fourth-order valence-electron chi connectivity index (χ4n) is 1.19. The maximum absolute atomic E-state index is 5.61. The molecule has 1 rings (SSSR count). The lowest BCUT2D eigenvalue weighted by Crippen LogP contribution is -2.23. The van der Waals surface area contributed by atoms with Crippen LogP contribution in [0.5, 0.6) is 5.75 Å². The number of rotatable bonds is 4. The zero-order valence-corrected chi connectivity index (χ0v) is 9.16. The molecule has 78 valence electrons. The topological polar surface area (TPSA) is 35.2 Å². The van der Waals surface area contributed by atoms with Gasteiger partial charge in [-0.05, 0) is 30.5 Å². The average Bonchev–Trinajstić information content (AvgIpc) is 2.15. The Balaban J connectivity index is 2.64. The summed E-state index contributed by atoms with van der Waals surface area (Å²) >= 11 is 0. The lowest BCUT2D eigenvalue weighted by molar-refractivity contribution is 0.296. The largest absolute Gasteiger partial charge is 0.492 e. The Morgan fingerprint density at radius 2 is 2.00 bits per heavy atom. The van der Waals surface area contributed by atoms with Gasteiger partial charge in [0.1, 0.15) is 12.4 Å². The average molecular weight is 193 g/mol. The van der Waals surface area contributed by atoms with Gasteiger partial charge in [-0.1, -0.05) is 26.0 Å². The molecule has 0 unspecified atom stereocenters. The van der Waals surface area contributed by atoms with Gasteiger partial charge in [0.25, 0.3) is 0 Å². The molecule has 0 saturated heterocycles. The third kappa shape index (κ3) is 3.38. The van der Waals surface area contributed by atoms with Crippen molar-refractivity contribution in [1.82, 2.24) is 0 Å². The van der Waals surface area contributed by atoms with Crippen LogP contribution >= 0.6 is 0 Å². The van der Waals surface area contributed by atoms with E-state index >= 15 is 0 Å². The minimum atomic E-state index is 0.0812. The van der Waals surface area contributed by atoms with E-state index in [-0.39, 0.29) is 6.04 Å². The Morgan fingerprint density at radius 3 is 2.57 bits per heavy atom. The fraction of sp³-hybridized carbons (Fsp3) is 0.500. The molecule has 0 radical (unpaired) electrons. The maximum Gasteiger partial charge on any atom is 0.119 e. The summed E-state index contributed by atoms with van der Waals surface area (Å²) in [4.78, 5) is 0. The smallest absolute Gasteiger partial charge is 0.119 e. The molecular weight excluding hydrogens is 174 g/mol. The molecule has 0 fully saturated rings. The Morgan fingerprint density at radius 1 is 1.29 bits per heavy atom. The predicted octanol–water partition coefficient (Wildman–Crippen LogP) is 2.54. The highest BCUT2D eigenvalue weighted by Crippen LogP contribution is 2.19. The Bertz CT molecular complexity index is 281. The second-order valence-corrected chi connectivity index (χ2v) is 4.02. The van der Waals surface area contributed by atoms with Crippen LogP contribution in [0, 0.1) is 0 Å². The van der Waals surface area contributed by atoms with E-state index in [0.717, 1.165) is 5.75 Å². The summed E-state index contributed by atoms with van der Waals surface area (Å²) in [5.74, 6) is 1.45. The second kappa shape index (κ2) is 5.01. The number of hydrogen-bond acceptors (Lipinski definition) is 2. The first-order chi connectivity index (χ1) is 6.59. The molecule has 2 N–H and O–H groups in total. The summed E-state index contributed by atoms with van der Waals surface area (Å²) in [6.07, 6.45) is 0. The van der Waals surface area contributed by atoms with Crippen molar-refractivity contribution in [2.75, 3.05) is 6.61 Å². The third-order valence-electron chi connectivity index (χ3n) is 2.04. The van der Waals surface area contributed by atoms with E-state index in [0.29, 0.717) is 12.5 Å². The predicted molar refractivity (Wildman–Crippen MR) is 59.7 cm³/mol. The molecule has 2 heteroatoms. The van der Waals surface area contributed by atoms with Crippen LogP contribution < -0.4 is 10.5 Å². The van der Waals surface area contributed by atoms with Crippen molar-refractivity contribution in [1.29, 1.82) is 0 Å². The summed E-state index contributed by atoms with van der Waals surface area (Å²) in [6.45, 7) is 6.85. The van der Waals surface area contributed by atoms with Crippen LogP contribution in [0.4, 0.5) is 0 Å². The molecule has 0 heterocycles. The van der Waals surface area contributed by atoms with Gasteiger partial charge in [0.2, 0.25) is 0 Å². The lowest BCUT2D eigenvalue weighted by Gasteiger charge is -2.11. The highest BCUT2D eigenvalue weighted by Gasteiger charge is 2.01. The van der Waals surface area contributed by atoms with E-state index in [1.165, 1.54) is 5.56 Å². The Hall–Kier alpha value is -1.02. The van der Waals surface area contributed by atoms with E-state index in [4.69, 9.17) is 10.5 Å². The van der Waals surface area contributed by atoms with Gasteiger partial charge in [-0.15, -0.1) is 0 Å². The first kappa shape index (κ1) is 11.1. The molecule has 14 heavy (non-hydrogen) atoms. The maximum atomic E-state index is 5.61. The van der Waals surface area contributed by atoms with Crippen molar-refractivity contribution in [3.05, 3.63) is 29.8 Å². The molecule has 0 spiro atoms. The molecule has 1 atom stereocenters. The van der Waals surface area contributed by atoms with Gasteiger partial charge in [-0.25, -0.2) is 0 Å². The third-order valence-corrected chi connectivity index (χ3v) is 2.04. The Kier molecular flexibility index (Phi) is 3.96. The van der Waals surface area contributed by atoms with Crippen LogP contribution in [-0.4, -0.2) is 12.6 Å². The summed E-state index contributed by atoms with van der Waals surface area (Å²) in [5, 5.41) is 0. The van der Waals surface area contributed by atoms with Crippen molar-refractivity contribution in [3.63, 3.8) is 0 Å². The van der Waals surface area contributed by atoms with Gasteiger partial charge >= 0.3 is 0 Å². The van der Waals surface area contributed by atoms with Gasteiger partial charge in [0.15, 0.2) is 0 Å². The van der Waals surface area contributed by atoms with Gasteiger partial charge in [-0.2, -0.15) is 0 Å². The zero-order chi connectivity index (χ0) is 10.6. The van der Waals surface area contributed by atoms with E-state index in [1.807, 2.05) is 19.1 Å². The molecule has 0 aliphatic carbocycles. The minimum Gasteiger partial charge on any atom is -0.492 e. The van der Waals surface area contributed by atoms with Crippen molar-refractivity contribution < 1.29 is 4.74 Å². The molecule has 0 saturated carbocycles. The lowest BCUT2D eigenvalue weighted by atomic mass is 10.0. The molecule has 2 nitrogen and oxygen atoms in total. The van der Waals surface area contributed by atoms with Crippen molar-refractivity contribution in [2.24, 2.45) is 5.73 Å². The number of benzene rings is 1. The molecular formula is C12H19NO. The highest BCUT2D eigenvalue weighted by molar-refractivity contribution is 5.30. The molecule has 1 aromatic carbocycles. The molecule has 1 aromatic rings. The highest BCUT2D eigenvalue weighted by atomic mass is 16.5. The zero-order valence-electron chi connectivity index (χ0n) is 9.16. The Labute approximate surface area is 86.1 Å². The molecule has 0 aromatic heterocycles. The van der Waals surface area contributed by atoms with Crippen molar-refractivity contribution in [3.8, 4) is 5.75 Å². The molecule has 0 aliphatic rings. The monoisotopic (exact) mass is 193 g/mol. The molecule has 0 amide bonds. The van der Waals surface area contributed by atoms with Crippen LogP contribution in [0.25, 0.3) is 0 Å². The SMILES string of the molecule is CC(C)c1cccc(OC[C@H](C)N)c1. The first-order valence-electron chi connectivity index (χ1n) is 5.08. The van der Waals surface area contributed by atoms with Crippen LogP contribution in [0.3, 0.4) is 0 Å². The van der Waals surface area contributed by atoms with Gasteiger partial charge in [0.05, 0.1) is 0 Å².